The molecule has 0 spiro atoms. The molecule has 1 aliphatic carbocycles. The first kappa shape index (κ1) is 10.4. The molecular weight excluding hydrogens is 224 g/mol. The van der Waals surface area contributed by atoms with E-state index in [9.17, 15) is 9.59 Å². The van der Waals surface area contributed by atoms with Gasteiger partial charge in [0.05, 0.1) is 5.88 Å². The van der Waals surface area contributed by atoms with Crippen molar-refractivity contribution in [3.63, 3.8) is 0 Å². The zero-order valence-corrected chi connectivity index (χ0v) is 10.0. The minimum Gasteiger partial charge on any atom is -0.329 e. The molecule has 3 rings (SSSR count). The summed E-state index contributed by atoms with van der Waals surface area (Å²) in [4.78, 5) is 27.8. The van der Waals surface area contributed by atoms with Crippen LogP contribution in [0.25, 0.3) is 0 Å². The molecule has 0 unspecified atom stereocenters. The molecule has 2 amide bonds. The third-order valence-electron chi connectivity index (χ3n) is 3.84. The predicted molar refractivity (Wildman–Crippen MR) is 61.9 cm³/mol. The van der Waals surface area contributed by atoms with Crippen molar-refractivity contribution < 1.29 is 9.59 Å². The molecule has 88 valence electrons. The average Bonchev–Trinajstić information content (AvgIpc) is 2.92. The van der Waals surface area contributed by atoms with E-state index in [-0.39, 0.29) is 17.9 Å². The number of rotatable bonds is 1. The van der Waals surface area contributed by atoms with Gasteiger partial charge >= 0.3 is 0 Å². The zero-order valence-electron chi connectivity index (χ0n) is 9.22. The molecule has 16 heavy (non-hydrogen) atoms. The van der Waals surface area contributed by atoms with Gasteiger partial charge in [0, 0.05) is 11.8 Å². The smallest absolute Gasteiger partial charge is 0.246 e. The summed E-state index contributed by atoms with van der Waals surface area (Å²) in [6, 6.07) is 0.177. The van der Waals surface area contributed by atoms with Crippen molar-refractivity contribution in [2.24, 2.45) is 0 Å². The largest absolute Gasteiger partial charge is 0.329 e. The highest BCUT2D eigenvalue weighted by molar-refractivity contribution is 7.99. The maximum atomic E-state index is 12.3. The second kappa shape index (κ2) is 3.95. The zero-order chi connectivity index (χ0) is 11.1. The number of amides is 2. The molecule has 5 heteroatoms. The summed E-state index contributed by atoms with van der Waals surface area (Å²) in [5.41, 5.74) is 0. The van der Waals surface area contributed by atoms with E-state index < -0.39 is 0 Å². The van der Waals surface area contributed by atoms with Gasteiger partial charge in [0.2, 0.25) is 11.8 Å². The normalized spacial score (nSPS) is 31.4. The Labute approximate surface area is 99.3 Å². The van der Waals surface area contributed by atoms with Gasteiger partial charge in [-0.25, -0.2) is 0 Å². The first-order valence-electron chi connectivity index (χ1n) is 5.95. The quantitative estimate of drug-likeness (QED) is 0.676. The molecule has 2 saturated heterocycles. The van der Waals surface area contributed by atoms with Crippen LogP contribution in [0.2, 0.25) is 0 Å². The van der Waals surface area contributed by atoms with E-state index in [1.54, 1.807) is 16.7 Å². The second-order valence-electron chi connectivity index (χ2n) is 4.78. The van der Waals surface area contributed by atoms with Gasteiger partial charge < -0.3 is 9.80 Å². The van der Waals surface area contributed by atoms with Crippen LogP contribution in [0.3, 0.4) is 0 Å². The van der Waals surface area contributed by atoms with Gasteiger partial charge in [-0.2, -0.15) is 0 Å². The Kier molecular flexibility index (Phi) is 2.58. The van der Waals surface area contributed by atoms with Gasteiger partial charge in [0.15, 0.2) is 0 Å². The summed E-state index contributed by atoms with van der Waals surface area (Å²) in [6.45, 7) is 0.320. The summed E-state index contributed by atoms with van der Waals surface area (Å²) >= 11 is 1.69. The van der Waals surface area contributed by atoms with Crippen molar-refractivity contribution in [1.29, 1.82) is 0 Å². The van der Waals surface area contributed by atoms with Crippen molar-refractivity contribution in [2.75, 3.05) is 18.2 Å². The maximum absolute atomic E-state index is 12.3. The van der Waals surface area contributed by atoms with E-state index in [0.29, 0.717) is 18.5 Å². The molecule has 1 saturated carbocycles. The highest BCUT2D eigenvalue weighted by Gasteiger charge is 2.44. The van der Waals surface area contributed by atoms with Gasteiger partial charge in [-0.3, -0.25) is 9.59 Å². The summed E-state index contributed by atoms with van der Waals surface area (Å²) in [5, 5.41) is 0. The molecule has 0 aromatic heterocycles. The van der Waals surface area contributed by atoms with Gasteiger partial charge in [-0.1, -0.05) is 12.8 Å². The van der Waals surface area contributed by atoms with Crippen LogP contribution >= 0.6 is 11.8 Å². The lowest BCUT2D eigenvalue weighted by molar-refractivity contribution is -0.155. The van der Waals surface area contributed by atoms with Crippen LogP contribution in [-0.4, -0.2) is 51.9 Å². The SMILES string of the molecule is O=C1[C@H]2CSCN2C(=O)CN1C1CCCC1. The van der Waals surface area contributed by atoms with Crippen molar-refractivity contribution in [3.8, 4) is 0 Å². The maximum Gasteiger partial charge on any atom is 0.246 e. The van der Waals surface area contributed by atoms with Crippen LogP contribution in [0.15, 0.2) is 0 Å². The van der Waals surface area contributed by atoms with Crippen LogP contribution in [0, 0.1) is 0 Å². The molecule has 0 radical (unpaired) electrons. The first-order valence-corrected chi connectivity index (χ1v) is 7.10. The number of carbonyl (C=O) groups excluding carboxylic acids is 2. The fourth-order valence-corrected chi connectivity index (χ4v) is 4.10. The van der Waals surface area contributed by atoms with Crippen LogP contribution in [0.5, 0.6) is 0 Å². The molecule has 0 N–H and O–H groups in total. The highest BCUT2D eigenvalue weighted by Crippen LogP contribution is 2.31. The summed E-state index contributed by atoms with van der Waals surface area (Å²) in [5.74, 6) is 1.82. The number of piperazine rings is 1. The lowest BCUT2D eigenvalue weighted by atomic mass is 10.1. The molecule has 3 aliphatic rings. The molecule has 0 aromatic rings. The molecular formula is C11H16N2O2S. The van der Waals surface area contributed by atoms with Crippen LogP contribution < -0.4 is 0 Å². The lowest BCUT2D eigenvalue weighted by Crippen LogP contribution is -2.60. The summed E-state index contributed by atoms with van der Waals surface area (Å²) < 4.78 is 0. The third-order valence-corrected chi connectivity index (χ3v) is 4.85. The molecule has 2 heterocycles. The van der Waals surface area contributed by atoms with Crippen molar-refractivity contribution in [3.05, 3.63) is 0 Å². The lowest BCUT2D eigenvalue weighted by Gasteiger charge is -2.39. The van der Waals surface area contributed by atoms with Crippen molar-refractivity contribution in [1.82, 2.24) is 9.80 Å². The molecule has 1 atom stereocenters. The highest BCUT2D eigenvalue weighted by atomic mass is 32.2. The summed E-state index contributed by atoms with van der Waals surface area (Å²) in [6.07, 6.45) is 4.56. The number of hydrogen-bond donors (Lipinski definition) is 0. The minimum absolute atomic E-state index is 0.140. The Hall–Kier alpha value is -0.710. The number of hydrogen-bond acceptors (Lipinski definition) is 3. The van der Waals surface area contributed by atoms with Gasteiger partial charge in [-0.15, -0.1) is 11.8 Å². The molecule has 3 fully saturated rings. The Bertz CT molecular complexity index is 328. The molecule has 0 bridgehead atoms. The molecule has 0 aromatic carbocycles. The fraction of sp³-hybridized carbons (Fsp3) is 0.818. The van der Waals surface area contributed by atoms with Crippen molar-refractivity contribution >= 4 is 23.6 Å². The number of nitrogens with zero attached hydrogens (tertiary/aromatic N) is 2. The fourth-order valence-electron chi connectivity index (χ4n) is 2.92. The van der Waals surface area contributed by atoms with Gasteiger partial charge in [0.25, 0.3) is 0 Å². The Morgan fingerprint density at radius 1 is 1.12 bits per heavy atom. The van der Waals surface area contributed by atoms with Crippen LogP contribution in [-0.2, 0) is 9.59 Å². The van der Waals surface area contributed by atoms with E-state index in [1.165, 1.54) is 12.8 Å². The minimum atomic E-state index is -0.160. The summed E-state index contributed by atoms with van der Waals surface area (Å²) in [7, 11) is 0. The monoisotopic (exact) mass is 240 g/mol. The van der Waals surface area contributed by atoms with Crippen molar-refractivity contribution in [2.45, 2.75) is 37.8 Å². The van der Waals surface area contributed by atoms with Gasteiger partial charge in [0.1, 0.15) is 12.6 Å². The van der Waals surface area contributed by atoms with E-state index >= 15 is 0 Å². The van der Waals surface area contributed by atoms with Gasteiger partial charge in [-0.05, 0) is 12.8 Å². The van der Waals surface area contributed by atoms with E-state index in [0.717, 1.165) is 18.6 Å². The third kappa shape index (κ3) is 1.52. The van der Waals surface area contributed by atoms with Crippen LogP contribution in [0.4, 0.5) is 0 Å². The Morgan fingerprint density at radius 3 is 2.62 bits per heavy atom. The average molecular weight is 240 g/mol. The van der Waals surface area contributed by atoms with E-state index in [2.05, 4.69) is 0 Å². The standard InChI is InChI=1S/C11H16N2O2S/c14-10-5-12(8-3-1-2-4-8)11(15)9-6-16-7-13(9)10/h8-9H,1-7H2/t9-/m1/s1. The molecule has 2 aliphatic heterocycles. The van der Waals surface area contributed by atoms with Crippen LogP contribution in [0.1, 0.15) is 25.7 Å². The molecule has 4 nitrogen and oxygen atoms in total. The van der Waals surface area contributed by atoms with E-state index in [1.807, 2.05) is 4.90 Å². The Balaban J connectivity index is 1.80. The van der Waals surface area contributed by atoms with E-state index in [4.69, 9.17) is 0 Å². The second-order valence-corrected chi connectivity index (χ2v) is 5.78. The number of carbonyl (C=O) groups is 2. The number of thioether (sulfide) groups is 1. The first-order chi connectivity index (χ1) is 7.77. The Morgan fingerprint density at radius 2 is 1.88 bits per heavy atom. The topological polar surface area (TPSA) is 40.6 Å². The number of fused-ring (bicyclic) bond motifs is 1. The predicted octanol–water partition coefficient (Wildman–Crippen LogP) is 0.673.